The number of benzene rings is 3. The van der Waals surface area contributed by atoms with Crippen LogP contribution in [0, 0.1) is 0 Å². The maximum atomic E-state index is 12.7. The second-order valence-corrected chi connectivity index (χ2v) is 6.09. The van der Waals surface area contributed by atoms with Crippen LogP contribution in [0.4, 0.5) is 0 Å². The van der Waals surface area contributed by atoms with E-state index in [1.165, 1.54) is 12.1 Å². The SMILES string of the molecule is O=C1c2ccccc2C(=O)c2cc(/C=C/c3ccc(O)c(O)c3)ccc21. The van der Waals surface area contributed by atoms with Crippen LogP contribution in [0.1, 0.15) is 43.0 Å². The third-order valence-corrected chi connectivity index (χ3v) is 4.42. The lowest BCUT2D eigenvalue weighted by molar-refractivity contribution is 0.0979. The largest absolute Gasteiger partial charge is 0.504 e. The number of fused-ring (bicyclic) bond motifs is 2. The Labute approximate surface area is 149 Å². The van der Waals surface area contributed by atoms with E-state index in [0.717, 1.165) is 5.56 Å². The molecule has 0 amide bonds. The van der Waals surface area contributed by atoms with Crippen LogP contribution in [0.25, 0.3) is 12.2 Å². The first-order valence-electron chi connectivity index (χ1n) is 8.07. The van der Waals surface area contributed by atoms with E-state index in [1.54, 1.807) is 60.7 Å². The zero-order valence-corrected chi connectivity index (χ0v) is 13.6. The fourth-order valence-corrected chi connectivity index (χ4v) is 3.06. The van der Waals surface area contributed by atoms with E-state index in [9.17, 15) is 19.8 Å². The zero-order chi connectivity index (χ0) is 18.3. The van der Waals surface area contributed by atoms with Crippen molar-refractivity contribution in [2.45, 2.75) is 0 Å². The molecule has 4 rings (SSSR count). The molecule has 4 nitrogen and oxygen atoms in total. The molecule has 1 aliphatic carbocycles. The minimum atomic E-state index is -0.199. The summed E-state index contributed by atoms with van der Waals surface area (Å²) in [5.74, 6) is -0.685. The number of carbonyl (C=O) groups is 2. The number of aromatic hydroxyl groups is 2. The van der Waals surface area contributed by atoms with Gasteiger partial charge in [-0.2, -0.15) is 0 Å². The highest BCUT2D eigenvalue weighted by Gasteiger charge is 2.29. The monoisotopic (exact) mass is 342 g/mol. The second kappa shape index (κ2) is 6.01. The van der Waals surface area contributed by atoms with E-state index in [4.69, 9.17) is 0 Å². The fraction of sp³-hybridized carbons (Fsp3) is 0. The molecule has 3 aromatic rings. The molecule has 0 aromatic heterocycles. The molecule has 4 heteroatoms. The summed E-state index contributed by atoms with van der Waals surface area (Å²) in [6.07, 6.45) is 3.54. The fourth-order valence-electron chi connectivity index (χ4n) is 3.06. The van der Waals surface area contributed by atoms with Gasteiger partial charge in [0.15, 0.2) is 23.1 Å². The molecule has 0 spiro atoms. The molecule has 0 heterocycles. The first-order chi connectivity index (χ1) is 12.5. The average Bonchev–Trinajstić information content (AvgIpc) is 2.67. The normalized spacial score (nSPS) is 12.9. The van der Waals surface area contributed by atoms with Crippen molar-refractivity contribution in [3.05, 3.63) is 94.0 Å². The van der Waals surface area contributed by atoms with E-state index in [2.05, 4.69) is 0 Å². The van der Waals surface area contributed by atoms with Crippen molar-refractivity contribution in [1.82, 2.24) is 0 Å². The Morgan fingerprint density at radius 1 is 0.577 bits per heavy atom. The van der Waals surface area contributed by atoms with Crippen molar-refractivity contribution in [1.29, 1.82) is 0 Å². The van der Waals surface area contributed by atoms with E-state index >= 15 is 0 Å². The maximum Gasteiger partial charge on any atom is 0.194 e. The van der Waals surface area contributed by atoms with Gasteiger partial charge in [-0.3, -0.25) is 9.59 Å². The number of hydrogen-bond donors (Lipinski definition) is 2. The molecule has 26 heavy (non-hydrogen) atoms. The van der Waals surface area contributed by atoms with Crippen LogP contribution in [0.15, 0.2) is 60.7 Å². The van der Waals surface area contributed by atoms with Crippen LogP contribution in [0.3, 0.4) is 0 Å². The van der Waals surface area contributed by atoms with Gasteiger partial charge in [0.25, 0.3) is 0 Å². The Hall–Kier alpha value is -3.66. The van der Waals surface area contributed by atoms with Gasteiger partial charge in [-0.25, -0.2) is 0 Å². The Morgan fingerprint density at radius 3 is 1.77 bits per heavy atom. The highest BCUT2D eigenvalue weighted by atomic mass is 16.3. The summed E-state index contributed by atoms with van der Waals surface area (Å²) in [5, 5.41) is 18.9. The van der Waals surface area contributed by atoms with Gasteiger partial charge in [-0.05, 0) is 35.4 Å². The molecule has 1 aliphatic rings. The number of hydrogen-bond acceptors (Lipinski definition) is 4. The predicted octanol–water partition coefficient (Wildman–Crippen LogP) is 4.04. The summed E-state index contributed by atoms with van der Waals surface area (Å²) in [7, 11) is 0. The molecule has 0 unspecified atom stereocenters. The van der Waals surface area contributed by atoms with E-state index in [1.807, 2.05) is 0 Å². The molecule has 0 radical (unpaired) electrons. The quantitative estimate of drug-likeness (QED) is 0.426. The molecule has 0 saturated carbocycles. The summed E-state index contributed by atoms with van der Waals surface area (Å²) in [6, 6.07) is 16.5. The van der Waals surface area contributed by atoms with Gasteiger partial charge in [0, 0.05) is 22.3 Å². The van der Waals surface area contributed by atoms with Crippen molar-refractivity contribution in [3.8, 4) is 11.5 Å². The van der Waals surface area contributed by atoms with Crippen molar-refractivity contribution in [2.75, 3.05) is 0 Å². The number of ketones is 2. The van der Waals surface area contributed by atoms with Crippen molar-refractivity contribution in [2.24, 2.45) is 0 Å². The molecule has 126 valence electrons. The third kappa shape index (κ3) is 2.58. The Balaban J connectivity index is 1.71. The number of rotatable bonds is 2. The van der Waals surface area contributed by atoms with Crippen LogP contribution in [-0.2, 0) is 0 Å². The average molecular weight is 342 g/mol. The lowest BCUT2D eigenvalue weighted by Gasteiger charge is -2.17. The number of phenolic OH excluding ortho intramolecular Hbond substituents is 2. The molecular formula is C22H14O4. The predicted molar refractivity (Wildman–Crippen MR) is 98.4 cm³/mol. The van der Waals surface area contributed by atoms with Gasteiger partial charge in [0.05, 0.1) is 0 Å². The van der Waals surface area contributed by atoms with Crippen molar-refractivity contribution >= 4 is 23.7 Å². The van der Waals surface area contributed by atoms with Crippen LogP contribution in [0.5, 0.6) is 11.5 Å². The molecule has 0 atom stereocenters. The lowest BCUT2D eigenvalue weighted by Crippen LogP contribution is -2.20. The van der Waals surface area contributed by atoms with Gasteiger partial charge in [0.2, 0.25) is 0 Å². The minimum Gasteiger partial charge on any atom is -0.504 e. The molecular weight excluding hydrogens is 328 g/mol. The number of carbonyl (C=O) groups excluding carboxylic acids is 2. The Kier molecular flexibility index (Phi) is 3.66. The lowest BCUT2D eigenvalue weighted by atomic mass is 9.83. The van der Waals surface area contributed by atoms with Gasteiger partial charge < -0.3 is 10.2 Å². The van der Waals surface area contributed by atoms with Gasteiger partial charge in [-0.15, -0.1) is 0 Å². The summed E-state index contributed by atoms with van der Waals surface area (Å²) in [6.45, 7) is 0. The highest BCUT2D eigenvalue weighted by Crippen LogP contribution is 2.29. The Morgan fingerprint density at radius 2 is 1.12 bits per heavy atom. The molecule has 2 N–H and O–H groups in total. The molecule has 0 aliphatic heterocycles. The third-order valence-electron chi connectivity index (χ3n) is 4.42. The first kappa shape index (κ1) is 15.8. The molecule has 0 fully saturated rings. The van der Waals surface area contributed by atoms with Gasteiger partial charge in [-0.1, -0.05) is 48.6 Å². The van der Waals surface area contributed by atoms with E-state index in [-0.39, 0.29) is 23.1 Å². The van der Waals surface area contributed by atoms with E-state index in [0.29, 0.717) is 27.8 Å². The smallest absolute Gasteiger partial charge is 0.194 e. The summed E-state index contributed by atoms with van der Waals surface area (Å²) in [5.41, 5.74) is 3.13. The summed E-state index contributed by atoms with van der Waals surface area (Å²) < 4.78 is 0. The topological polar surface area (TPSA) is 74.6 Å². The number of phenols is 2. The molecule has 0 saturated heterocycles. The van der Waals surface area contributed by atoms with Crippen LogP contribution in [0.2, 0.25) is 0 Å². The summed E-state index contributed by atoms with van der Waals surface area (Å²) in [4.78, 5) is 25.3. The van der Waals surface area contributed by atoms with Crippen LogP contribution >= 0.6 is 0 Å². The van der Waals surface area contributed by atoms with Gasteiger partial charge in [0.1, 0.15) is 0 Å². The van der Waals surface area contributed by atoms with Crippen LogP contribution < -0.4 is 0 Å². The minimum absolute atomic E-state index is 0.144. The van der Waals surface area contributed by atoms with E-state index < -0.39 is 0 Å². The van der Waals surface area contributed by atoms with Crippen molar-refractivity contribution in [3.63, 3.8) is 0 Å². The first-order valence-corrected chi connectivity index (χ1v) is 8.07. The maximum absolute atomic E-state index is 12.7. The highest BCUT2D eigenvalue weighted by molar-refractivity contribution is 6.28. The van der Waals surface area contributed by atoms with Gasteiger partial charge >= 0.3 is 0 Å². The Bertz CT molecular complexity index is 1090. The second-order valence-electron chi connectivity index (χ2n) is 6.09. The standard InChI is InChI=1S/C22H14O4/c23-19-10-8-14(12-20(19)24)6-5-13-7-9-17-18(11-13)22(26)16-4-2-1-3-15(16)21(17)25/h1-12,23-24H/b6-5+. The van der Waals surface area contributed by atoms with Crippen molar-refractivity contribution < 1.29 is 19.8 Å². The zero-order valence-electron chi connectivity index (χ0n) is 13.6. The summed E-state index contributed by atoms with van der Waals surface area (Å²) >= 11 is 0. The molecule has 3 aromatic carbocycles. The van der Waals surface area contributed by atoms with Crippen LogP contribution in [-0.4, -0.2) is 21.8 Å². The molecule has 0 bridgehead atoms.